The Morgan fingerprint density at radius 2 is 2.37 bits per heavy atom. The van der Waals surface area contributed by atoms with Crippen LogP contribution in [0.3, 0.4) is 0 Å². The Bertz CT molecular complexity index is 575. The fourth-order valence-corrected chi connectivity index (χ4v) is 1.58. The minimum atomic E-state index is -1.11. The fraction of sp³-hybridized carbons (Fsp3) is 0.273. The molecule has 0 saturated carbocycles. The molecule has 0 fully saturated rings. The van der Waals surface area contributed by atoms with Crippen LogP contribution in [-0.2, 0) is 18.3 Å². The first-order valence-electron chi connectivity index (χ1n) is 5.57. The Morgan fingerprint density at radius 1 is 1.58 bits per heavy atom. The van der Waals surface area contributed by atoms with E-state index in [0.717, 1.165) is 0 Å². The molecule has 3 N–H and O–H groups in total. The predicted octanol–water partition coefficient (Wildman–Crippen LogP) is -0.431. The van der Waals surface area contributed by atoms with Crippen LogP contribution in [0.1, 0.15) is 16.2 Å². The summed E-state index contributed by atoms with van der Waals surface area (Å²) in [5.41, 5.74) is 0.812. The van der Waals surface area contributed by atoms with Gasteiger partial charge in [-0.3, -0.25) is 9.48 Å². The number of amides is 1. The molecule has 2 rings (SSSR count). The van der Waals surface area contributed by atoms with E-state index in [1.54, 1.807) is 13.2 Å². The maximum absolute atomic E-state index is 11.8. The van der Waals surface area contributed by atoms with Crippen molar-refractivity contribution in [1.29, 1.82) is 0 Å². The van der Waals surface area contributed by atoms with Gasteiger partial charge in [0.25, 0.3) is 5.91 Å². The summed E-state index contributed by atoms with van der Waals surface area (Å²) in [6, 6.07) is 0.486. The summed E-state index contributed by atoms with van der Waals surface area (Å²) in [5.74, 6) is -1.63. The maximum atomic E-state index is 11.8. The number of nitrogens with one attached hydrogen (secondary N) is 2. The molecule has 8 nitrogen and oxygen atoms in total. The van der Waals surface area contributed by atoms with Crippen LogP contribution in [0.15, 0.2) is 24.8 Å². The van der Waals surface area contributed by atoms with Crippen LogP contribution in [0.4, 0.5) is 0 Å². The topological polar surface area (TPSA) is 113 Å². The first kappa shape index (κ1) is 12.8. The van der Waals surface area contributed by atoms with Crippen LogP contribution < -0.4 is 5.32 Å². The van der Waals surface area contributed by atoms with Crippen LogP contribution in [-0.4, -0.2) is 42.8 Å². The van der Waals surface area contributed by atoms with E-state index in [1.165, 1.54) is 23.3 Å². The van der Waals surface area contributed by atoms with Crippen molar-refractivity contribution in [3.05, 3.63) is 36.2 Å². The monoisotopic (exact) mass is 263 g/mol. The molecule has 2 heterocycles. The van der Waals surface area contributed by atoms with Gasteiger partial charge in [-0.2, -0.15) is 5.10 Å². The highest BCUT2D eigenvalue weighted by Crippen LogP contribution is 2.01. The lowest BCUT2D eigenvalue weighted by molar-refractivity contribution is -0.139. The molecule has 19 heavy (non-hydrogen) atoms. The summed E-state index contributed by atoms with van der Waals surface area (Å²) in [6.45, 7) is 0. The number of aromatic nitrogens is 4. The molecule has 0 aromatic carbocycles. The Morgan fingerprint density at radius 3 is 2.89 bits per heavy atom. The third-order valence-corrected chi connectivity index (χ3v) is 2.53. The third-order valence-electron chi connectivity index (χ3n) is 2.53. The fourth-order valence-electron chi connectivity index (χ4n) is 1.58. The van der Waals surface area contributed by atoms with Crippen LogP contribution in [0, 0.1) is 0 Å². The van der Waals surface area contributed by atoms with Crippen molar-refractivity contribution in [2.24, 2.45) is 7.05 Å². The number of carbonyl (C=O) groups is 2. The van der Waals surface area contributed by atoms with E-state index in [1.807, 2.05) is 0 Å². The number of rotatable bonds is 5. The predicted molar refractivity (Wildman–Crippen MR) is 64.4 cm³/mol. The van der Waals surface area contributed by atoms with Gasteiger partial charge in [-0.15, -0.1) is 0 Å². The van der Waals surface area contributed by atoms with E-state index in [4.69, 9.17) is 5.11 Å². The number of hydrogen-bond donors (Lipinski definition) is 3. The summed E-state index contributed by atoms with van der Waals surface area (Å²) in [5, 5.41) is 15.4. The first-order chi connectivity index (χ1) is 9.06. The van der Waals surface area contributed by atoms with Crippen LogP contribution >= 0.6 is 0 Å². The molecule has 0 aliphatic heterocycles. The molecule has 1 amide bonds. The molecule has 2 aromatic heterocycles. The number of aromatic amines is 1. The molecule has 1 unspecified atom stereocenters. The Kier molecular flexibility index (Phi) is 3.60. The van der Waals surface area contributed by atoms with Crippen molar-refractivity contribution in [1.82, 2.24) is 25.1 Å². The number of H-pyrrole nitrogens is 1. The summed E-state index contributed by atoms with van der Waals surface area (Å²) in [6.07, 6.45) is 4.71. The summed E-state index contributed by atoms with van der Waals surface area (Å²) < 4.78 is 1.47. The van der Waals surface area contributed by atoms with E-state index in [9.17, 15) is 9.59 Å². The lowest BCUT2D eigenvalue weighted by atomic mass is 10.1. The molecule has 8 heteroatoms. The Hall–Kier alpha value is -2.64. The van der Waals surface area contributed by atoms with Gasteiger partial charge in [0.05, 0.1) is 6.33 Å². The Balaban J connectivity index is 2.04. The maximum Gasteiger partial charge on any atom is 0.326 e. The molecular weight excluding hydrogens is 250 g/mol. The van der Waals surface area contributed by atoms with Crippen LogP contribution in [0.5, 0.6) is 0 Å². The van der Waals surface area contributed by atoms with Gasteiger partial charge in [0, 0.05) is 31.6 Å². The number of nitrogens with zero attached hydrogens (tertiary/aromatic N) is 3. The van der Waals surface area contributed by atoms with Gasteiger partial charge in [0.2, 0.25) is 0 Å². The normalized spacial score (nSPS) is 12.1. The van der Waals surface area contributed by atoms with Crippen molar-refractivity contribution in [2.45, 2.75) is 12.5 Å². The molecule has 1 atom stereocenters. The number of carboxylic acids is 1. The van der Waals surface area contributed by atoms with Gasteiger partial charge < -0.3 is 15.4 Å². The minimum absolute atomic E-state index is 0.133. The molecule has 0 spiro atoms. The summed E-state index contributed by atoms with van der Waals surface area (Å²) in [4.78, 5) is 29.5. The molecule has 0 aliphatic carbocycles. The quantitative estimate of drug-likeness (QED) is 0.677. The number of imidazole rings is 1. The van der Waals surface area contributed by atoms with Crippen molar-refractivity contribution in [2.75, 3.05) is 0 Å². The zero-order chi connectivity index (χ0) is 13.8. The second-order valence-corrected chi connectivity index (χ2v) is 4.02. The SMILES string of the molecule is Cn1ccc(C(=O)NC(Cc2cnc[nH]2)C(=O)O)n1. The largest absolute Gasteiger partial charge is 0.480 e. The van der Waals surface area contributed by atoms with Crippen LogP contribution in [0.25, 0.3) is 0 Å². The van der Waals surface area contributed by atoms with E-state index >= 15 is 0 Å². The second-order valence-electron chi connectivity index (χ2n) is 4.02. The molecule has 2 aromatic rings. The lowest BCUT2D eigenvalue weighted by Crippen LogP contribution is -2.42. The highest BCUT2D eigenvalue weighted by Gasteiger charge is 2.22. The molecule has 0 saturated heterocycles. The van der Waals surface area contributed by atoms with Crippen molar-refractivity contribution < 1.29 is 14.7 Å². The van der Waals surface area contributed by atoms with Gasteiger partial charge in [-0.1, -0.05) is 0 Å². The van der Waals surface area contributed by atoms with E-state index in [0.29, 0.717) is 5.69 Å². The average molecular weight is 263 g/mol. The Labute approximate surface area is 108 Å². The standard InChI is InChI=1S/C11H13N5O3/c1-16-3-2-8(15-16)10(17)14-9(11(18)19)4-7-5-12-6-13-7/h2-3,5-6,9H,4H2,1H3,(H,12,13)(H,14,17)(H,18,19). The zero-order valence-electron chi connectivity index (χ0n) is 10.2. The number of aliphatic carboxylic acids is 1. The number of aryl methyl sites for hydroxylation is 1. The average Bonchev–Trinajstić information content (AvgIpc) is 2.99. The molecule has 0 aliphatic rings. The van der Waals surface area contributed by atoms with Gasteiger partial charge in [0.1, 0.15) is 11.7 Å². The number of hydrogen-bond acceptors (Lipinski definition) is 4. The van der Waals surface area contributed by atoms with Crippen molar-refractivity contribution >= 4 is 11.9 Å². The summed E-state index contributed by atoms with van der Waals surface area (Å²) in [7, 11) is 1.68. The molecule has 0 radical (unpaired) electrons. The van der Waals surface area contributed by atoms with Gasteiger partial charge in [-0.05, 0) is 6.07 Å². The molecular formula is C11H13N5O3. The van der Waals surface area contributed by atoms with E-state index in [2.05, 4.69) is 20.4 Å². The first-order valence-corrected chi connectivity index (χ1v) is 5.57. The highest BCUT2D eigenvalue weighted by atomic mass is 16.4. The highest BCUT2D eigenvalue weighted by molar-refractivity contribution is 5.94. The van der Waals surface area contributed by atoms with Gasteiger partial charge in [0.15, 0.2) is 0 Å². The van der Waals surface area contributed by atoms with Crippen molar-refractivity contribution in [3.63, 3.8) is 0 Å². The van der Waals surface area contributed by atoms with Crippen LogP contribution in [0.2, 0.25) is 0 Å². The van der Waals surface area contributed by atoms with Crippen molar-refractivity contribution in [3.8, 4) is 0 Å². The third kappa shape index (κ3) is 3.18. The number of carbonyl (C=O) groups excluding carboxylic acids is 1. The van der Waals surface area contributed by atoms with E-state index in [-0.39, 0.29) is 12.1 Å². The number of carboxylic acid groups (broad SMARTS) is 1. The van der Waals surface area contributed by atoms with Gasteiger partial charge in [-0.25, -0.2) is 9.78 Å². The smallest absolute Gasteiger partial charge is 0.326 e. The second kappa shape index (κ2) is 5.34. The van der Waals surface area contributed by atoms with Gasteiger partial charge >= 0.3 is 5.97 Å². The lowest BCUT2D eigenvalue weighted by Gasteiger charge is -2.12. The zero-order valence-corrected chi connectivity index (χ0v) is 10.2. The molecule has 0 bridgehead atoms. The molecule has 100 valence electrons. The summed E-state index contributed by atoms with van der Waals surface area (Å²) >= 11 is 0. The van der Waals surface area contributed by atoms with E-state index < -0.39 is 17.9 Å². The minimum Gasteiger partial charge on any atom is -0.480 e.